The lowest BCUT2D eigenvalue weighted by Gasteiger charge is -2.11. The standard InChI is InChI=1S/C15H16O3S/c1-17-13-8-14(19-9-13)15(16)10-3-2-4-12(7-10)18-11-5-6-11/h2-4,7-9,11,15-16H,5-6H2,1H3. The number of benzene rings is 1. The van der Waals surface area contributed by atoms with Crippen molar-refractivity contribution in [1.82, 2.24) is 0 Å². The molecule has 1 saturated carbocycles. The smallest absolute Gasteiger partial charge is 0.129 e. The molecule has 0 spiro atoms. The first-order valence-electron chi connectivity index (χ1n) is 6.33. The Labute approximate surface area is 116 Å². The van der Waals surface area contributed by atoms with E-state index in [1.165, 1.54) is 11.3 Å². The van der Waals surface area contributed by atoms with Crippen LogP contribution in [0.25, 0.3) is 0 Å². The first-order valence-corrected chi connectivity index (χ1v) is 7.21. The van der Waals surface area contributed by atoms with Crippen LogP contribution in [-0.4, -0.2) is 18.3 Å². The molecule has 1 aliphatic carbocycles. The van der Waals surface area contributed by atoms with Gasteiger partial charge in [-0.3, -0.25) is 0 Å². The monoisotopic (exact) mass is 276 g/mol. The van der Waals surface area contributed by atoms with Crippen molar-refractivity contribution in [1.29, 1.82) is 0 Å². The lowest BCUT2D eigenvalue weighted by Crippen LogP contribution is -2.00. The van der Waals surface area contributed by atoms with E-state index in [4.69, 9.17) is 9.47 Å². The molecule has 1 aliphatic rings. The Bertz CT molecular complexity index is 560. The number of aliphatic hydroxyl groups is 1. The highest BCUT2D eigenvalue weighted by atomic mass is 32.1. The fourth-order valence-electron chi connectivity index (χ4n) is 1.89. The molecule has 19 heavy (non-hydrogen) atoms. The van der Waals surface area contributed by atoms with Crippen molar-refractivity contribution in [3.8, 4) is 11.5 Å². The van der Waals surface area contributed by atoms with Gasteiger partial charge in [-0.2, -0.15) is 0 Å². The summed E-state index contributed by atoms with van der Waals surface area (Å²) in [5, 5.41) is 12.3. The summed E-state index contributed by atoms with van der Waals surface area (Å²) >= 11 is 1.49. The Morgan fingerprint density at radius 3 is 2.79 bits per heavy atom. The van der Waals surface area contributed by atoms with E-state index in [0.717, 1.165) is 34.8 Å². The average Bonchev–Trinajstić information content (AvgIpc) is 3.11. The number of rotatable bonds is 5. The van der Waals surface area contributed by atoms with Crippen LogP contribution in [0.2, 0.25) is 0 Å². The molecule has 1 unspecified atom stereocenters. The number of ether oxygens (including phenoxy) is 2. The van der Waals surface area contributed by atoms with Crippen LogP contribution in [0.4, 0.5) is 0 Å². The van der Waals surface area contributed by atoms with Gasteiger partial charge < -0.3 is 14.6 Å². The van der Waals surface area contributed by atoms with Crippen molar-refractivity contribution >= 4 is 11.3 Å². The normalized spacial score (nSPS) is 16.1. The zero-order chi connectivity index (χ0) is 13.2. The number of hydrogen-bond donors (Lipinski definition) is 1. The molecule has 1 aromatic carbocycles. The Hall–Kier alpha value is -1.52. The summed E-state index contributed by atoms with van der Waals surface area (Å²) < 4.78 is 10.9. The molecular weight excluding hydrogens is 260 g/mol. The van der Waals surface area contributed by atoms with E-state index in [-0.39, 0.29) is 0 Å². The molecule has 0 radical (unpaired) electrons. The van der Waals surface area contributed by atoms with Crippen LogP contribution >= 0.6 is 11.3 Å². The van der Waals surface area contributed by atoms with E-state index in [1.54, 1.807) is 7.11 Å². The summed E-state index contributed by atoms with van der Waals surface area (Å²) in [6.07, 6.45) is 2.01. The highest BCUT2D eigenvalue weighted by Gasteiger charge is 2.24. The van der Waals surface area contributed by atoms with Crippen molar-refractivity contribution in [2.24, 2.45) is 0 Å². The summed E-state index contributed by atoms with van der Waals surface area (Å²) in [6, 6.07) is 9.54. The number of hydrogen-bond acceptors (Lipinski definition) is 4. The summed E-state index contributed by atoms with van der Waals surface area (Å²) in [5.74, 6) is 1.62. The second-order valence-electron chi connectivity index (χ2n) is 4.68. The lowest BCUT2D eigenvalue weighted by atomic mass is 10.1. The van der Waals surface area contributed by atoms with Gasteiger partial charge in [-0.05, 0) is 36.6 Å². The van der Waals surface area contributed by atoms with Crippen molar-refractivity contribution < 1.29 is 14.6 Å². The largest absolute Gasteiger partial charge is 0.496 e. The molecule has 0 amide bonds. The van der Waals surface area contributed by atoms with E-state index in [0.29, 0.717) is 6.10 Å². The molecule has 1 aromatic heterocycles. The molecule has 3 rings (SSSR count). The Balaban J connectivity index is 1.79. The van der Waals surface area contributed by atoms with E-state index < -0.39 is 6.10 Å². The maximum atomic E-state index is 10.4. The molecule has 0 saturated heterocycles. The van der Waals surface area contributed by atoms with Gasteiger partial charge in [0, 0.05) is 10.3 Å². The minimum atomic E-state index is -0.628. The van der Waals surface area contributed by atoms with E-state index in [9.17, 15) is 5.11 Å². The van der Waals surface area contributed by atoms with Crippen molar-refractivity contribution in [2.45, 2.75) is 25.0 Å². The third kappa shape index (κ3) is 2.91. The zero-order valence-corrected chi connectivity index (χ0v) is 11.5. The molecule has 4 heteroatoms. The summed E-state index contributed by atoms with van der Waals surface area (Å²) in [5.41, 5.74) is 0.850. The zero-order valence-electron chi connectivity index (χ0n) is 10.7. The highest BCUT2D eigenvalue weighted by Crippen LogP contribution is 2.33. The molecule has 1 heterocycles. The number of aliphatic hydroxyl groups excluding tert-OH is 1. The van der Waals surface area contributed by atoms with Gasteiger partial charge in [0.2, 0.25) is 0 Å². The highest BCUT2D eigenvalue weighted by molar-refractivity contribution is 7.10. The molecule has 1 N–H and O–H groups in total. The van der Waals surface area contributed by atoms with Crippen LogP contribution < -0.4 is 9.47 Å². The SMILES string of the molecule is COc1csc(C(O)c2cccc(OC3CC3)c2)c1. The topological polar surface area (TPSA) is 38.7 Å². The van der Waals surface area contributed by atoms with Crippen LogP contribution in [0.1, 0.15) is 29.4 Å². The third-order valence-electron chi connectivity index (χ3n) is 3.10. The van der Waals surface area contributed by atoms with Crippen LogP contribution in [0.3, 0.4) is 0 Å². The third-order valence-corrected chi connectivity index (χ3v) is 4.07. The minimum absolute atomic E-state index is 0.370. The van der Waals surface area contributed by atoms with Gasteiger partial charge in [-0.15, -0.1) is 11.3 Å². The van der Waals surface area contributed by atoms with Crippen LogP contribution in [0.15, 0.2) is 35.7 Å². The Morgan fingerprint density at radius 2 is 2.11 bits per heavy atom. The Morgan fingerprint density at radius 1 is 1.26 bits per heavy atom. The van der Waals surface area contributed by atoms with Gasteiger partial charge in [0.25, 0.3) is 0 Å². The summed E-state index contributed by atoms with van der Waals surface area (Å²) in [7, 11) is 1.63. The van der Waals surface area contributed by atoms with Gasteiger partial charge >= 0.3 is 0 Å². The quantitative estimate of drug-likeness (QED) is 0.910. The van der Waals surface area contributed by atoms with Gasteiger partial charge in [0.05, 0.1) is 13.2 Å². The first-order chi connectivity index (χ1) is 9.26. The Kier molecular flexibility index (Phi) is 3.44. The van der Waals surface area contributed by atoms with E-state index in [1.807, 2.05) is 35.7 Å². The van der Waals surface area contributed by atoms with Gasteiger partial charge in [0.15, 0.2) is 0 Å². The van der Waals surface area contributed by atoms with E-state index in [2.05, 4.69) is 0 Å². The van der Waals surface area contributed by atoms with Crippen LogP contribution in [0.5, 0.6) is 11.5 Å². The maximum absolute atomic E-state index is 10.4. The van der Waals surface area contributed by atoms with Crippen molar-refractivity contribution in [2.75, 3.05) is 7.11 Å². The van der Waals surface area contributed by atoms with Crippen molar-refractivity contribution in [3.05, 3.63) is 46.2 Å². The predicted molar refractivity (Wildman–Crippen MR) is 75.0 cm³/mol. The molecular formula is C15H16O3S. The second kappa shape index (κ2) is 5.23. The average molecular weight is 276 g/mol. The first kappa shape index (κ1) is 12.5. The van der Waals surface area contributed by atoms with Gasteiger partial charge in [0.1, 0.15) is 17.6 Å². The van der Waals surface area contributed by atoms with E-state index >= 15 is 0 Å². The molecule has 1 atom stereocenters. The lowest BCUT2D eigenvalue weighted by molar-refractivity contribution is 0.222. The fraction of sp³-hybridized carbons (Fsp3) is 0.333. The van der Waals surface area contributed by atoms with Crippen molar-refractivity contribution in [3.63, 3.8) is 0 Å². The maximum Gasteiger partial charge on any atom is 0.129 e. The van der Waals surface area contributed by atoms with Crippen LogP contribution in [0, 0.1) is 0 Å². The van der Waals surface area contributed by atoms with Gasteiger partial charge in [-0.25, -0.2) is 0 Å². The number of methoxy groups -OCH3 is 1. The summed E-state index contributed by atoms with van der Waals surface area (Å²) in [6.45, 7) is 0. The molecule has 1 fully saturated rings. The molecule has 3 nitrogen and oxygen atoms in total. The molecule has 0 aliphatic heterocycles. The molecule has 100 valence electrons. The van der Waals surface area contributed by atoms with Crippen LogP contribution in [-0.2, 0) is 0 Å². The molecule has 2 aromatic rings. The predicted octanol–water partition coefficient (Wildman–Crippen LogP) is 3.38. The summed E-state index contributed by atoms with van der Waals surface area (Å²) in [4.78, 5) is 0.875. The second-order valence-corrected chi connectivity index (χ2v) is 5.62. The minimum Gasteiger partial charge on any atom is -0.496 e. The number of thiophene rings is 1. The fourth-order valence-corrected chi connectivity index (χ4v) is 2.75. The van der Waals surface area contributed by atoms with Gasteiger partial charge in [-0.1, -0.05) is 12.1 Å². The molecule has 0 bridgehead atoms.